The molecule has 2 aromatic rings. The highest BCUT2D eigenvalue weighted by Gasteiger charge is 2.27. The molecular weight excluding hydrogens is 372 g/mol. The summed E-state index contributed by atoms with van der Waals surface area (Å²) in [6.07, 6.45) is -0.327. The van der Waals surface area contributed by atoms with Gasteiger partial charge in [0.25, 0.3) is 5.56 Å². The minimum Gasteiger partial charge on any atom is -0.374 e. The zero-order chi connectivity index (χ0) is 16.7. The number of benzene rings is 1. The number of hydrogen-bond acceptors (Lipinski definition) is 4. The largest absolute Gasteiger partial charge is 0.374 e. The Morgan fingerprint density at radius 2 is 2.13 bits per heavy atom. The van der Waals surface area contributed by atoms with Crippen molar-refractivity contribution in [1.82, 2.24) is 4.57 Å². The number of nitrogens with zero attached hydrogens (tertiary/aromatic N) is 1. The van der Waals surface area contributed by atoms with E-state index in [0.29, 0.717) is 29.6 Å². The van der Waals surface area contributed by atoms with Gasteiger partial charge >= 0.3 is 0 Å². The van der Waals surface area contributed by atoms with Crippen molar-refractivity contribution in [3.8, 4) is 0 Å². The highest BCUT2D eigenvalue weighted by Crippen LogP contribution is 2.32. The zero-order valence-corrected chi connectivity index (χ0v) is 13.5. The predicted octanol–water partition coefficient (Wildman–Crippen LogP) is 2.53. The van der Waals surface area contributed by atoms with Gasteiger partial charge in [-0.25, -0.2) is 4.39 Å². The topological polar surface area (TPSA) is 80.3 Å². The quantitative estimate of drug-likeness (QED) is 0.709. The fourth-order valence-electron chi connectivity index (χ4n) is 2.83. The van der Waals surface area contributed by atoms with Crippen molar-refractivity contribution in [1.29, 1.82) is 0 Å². The van der Waals surface area contributed by atoms with E-state index in [-0.39, 0.29) is 16.9 Å². The van der Waals surface area contributed by atoms with Crippen molar-refractivity contribution in [3.63, 3.8) is 0 Å². The molecule has 0 saturated heterocycles. The molecule has 23 heavy (non-hydrogen) atoms. The first-order valence-corrected chi connectivity index (χ1v) is 7.80. The van der Waals surface area contributed by atoms with Gasteiger partial charge in [-0.2, -0.15) is 4.39 Å². The molecule has 0 radical (unpaired) electrons. The van der Waals surface area contributed by atoms with Crippen LogP contribution in [0.3, 0.4) is 0 Å². The number of aliphatic hydroxyl groups excluding tert-OH is 1. The summed E-state index contributed by atoms with van der Waals surface area (Å²) in [7, 11) is 0. The van der Waals surface area contributed by atoms with Crippen LogP contribution < -0.4 is 16.6 Å². The third-order valence-corrected chi connectivity index (χ3v) is 4.33. The Morgan fingerprint density at radius 3 is 2.78 bits per heavy atom. The van der Waals surface area contributed by atoms with Gasteiger partial charge in [-0.3, -0.25) is 4.79 Å². The van der Waals surface area contributed by atoms with E-state index in [4.69, 9.17) is 5.73 Å². The summed E-state index contributed by atoms with van der Waals surface area (Å²) in [5.74, 6) is -1.71. The van der Waals surface area contributed by atoms with E-state index in [0.717, 1.165) is 0 Å². The van der Waals surface area contributed by atoms with E-state index in [1.165, 1.54) is 16.7 Å². The van der Waals surface area contributed by atoms with Gasteiger partial charge in [0.2, 0.25) is 5.82 Å². The van der Waals surface area contributed by atoms with Gasteiger partial charge < -0.3 is 20.7 Å². The van der Waals surface area contributed by atoms with Gasteiger partial charge in [-0.1, -0.05) is 15.9 Å². The highest BCUT2D eigenvalue weighted by molar-refractivity contribution is 9.10. The van der Waals surface area contributed by atoms with Gasteiger partial charge in [0, 0.05) is 22.3 Å². The lowest BCUT2D eigenvalue weighted by molar-refractivity contribution is 0.184. The minimum atomic E-state index is -1.48. The normalized spacial score (nSPS) is 14.7. The van der Waals surface area contributed by atoms with Crippen LogP contribution in [0.25, 0.3) is 0 Å². The van der Waals surface area contributed by atoms with Crippen LogP contribution >= 0.6 is 15.9 Å². The number of halogens is 3. The Morgan fingerprint density at radius 1 is 1.39 bits per heavy atom. The Labute approximate surface area is 138 Å². The molecule has 4 N–H and O–H groups in total. The number of aliphatic hydroxyl groups is 1. The molecule has 5 nitrogen and oxygen atoms in total. The predicted molar refractivity (Wildman–Crippen MR) is 85.5 cm³/mol. The summed E-state index contributed by atoms with van der Waals surface area (Å²) in [4.78, 5) is 12.1. The van der Waals surface area contributed by atoms with E-state index >= 15 is 0 Å². The van der Waals surface area contributed by atoms with E-state index < -0.39 is 23.4 Å². The second kappa shape index (κ2) is 6.03. The summed E-state index contributed by atoms with van der Waals surface area (Å²) >= 11 is 3.13. The second-order valence-electron chi connectivity index (χ2n) is 5.30. The van der Waals surface area contributed by atoms with E-state index in [1.54, 1.807) is 6.07 Å². The molecule has 122 valence electrons. The van der Waals surface area contributed by atoms with E-state index in [9.17, 15) is 18.7 Å². The van der Waals surface area contributed by atoms with Crippen molar-refractivity contribution in [2.45, 2.75) is 25.6 Å². The molecule has 1 atom stereocenters. The molecule has 1 aliphatic rings. The van der Waals surface area contributed by atoms with Crippen LogP contribution in [-0.4, -0.2) is 9.67 Å². The molecule has 1 unspecified atom stereocenters. The van der Waals surface area contributed by atoms with Crippen molar-refractivity contribution in [2.24, 2.45) is 5.73 Å². The monoisotopic (exact) mass is 385 g/mol. The van der Waals surface area contributed by atoms with E-state index in [2.05, 4.69) is 21.2 Å². The molecule has 1 aromatic carbocycles. The van der Waals surface area contributed by atoms with Crippen molar-refractivity contribution in [2.75, 3.05) is 5.32 Å². The molecule has 0 amide bonds. The molecule has 0 aliphatic carbocycles. The maximum Gasteiger partial charge on any atom is 0.288 e. The SMILES string of the molecule is NC(O)c1c(Nc2ccc(Br)cc2F)c(F)c(=O)n2c1CCC2. The molecule has 8 heteroatoms. The van der Waals surface area contributed by atoms with Crippen molar-refractivity contribution >= 4 is 27.3 Å². The molecule has 0 saturated carbocycles. The Bertz CT molecular complexity index is 836. The van der Waals surface area contributed by atoms with Crippen LogP contribution in [0.2, 0.25) is 0 Å². The second-order valence-corrected chi connectivity index (χ2v) is 6.22. The molecule has 0 spiro atoms. The number of fused-ring (bicyclic) bond motifs is 1. The van der Waals surface area contributed by atoms with Crippen LogP contribution in [0.15, 0.2) is 27.5 Å². The molecule has 0 fully saturated rings. The third kappa shape index (κ3) is 2.77. The summed E-state index contributed by atoms with van der Waals surface area (Å²) in [5.41, 5.74) is 5.02. The van der Waals surface area contributed by atoms with Crippen LogP contribution in [0.5, 0.6) is 0 Å². The number of nitrogens with one attached hydrogen (secondary N) is 1. The first-order chi connectivity index (χ1) is 10.9. The fraction of sp³-hybridized carbons (Fsp3) is 0.267. The lowest BCUT2D eigenvalue weighted by Crippen LogP contribution is -2.28. The van der Waals surface area contributed by atoms with Gasteiger partial charge in [-0.05, 0) is 31.0 Å². The number of nitrogens with two attached hydrogens (primary N) is 1. The fourth-order valence-corrected chi connectivity index (χ4v) is 3.17. The first kappa shape index (κ1) is 16.1. The Kier molecular flexibility index (Phi) is 4.22. The number of anilines is 2. The maximum atomic E-state index is 14.5. The molecule has 1 aliphatic heterocycles. The zero-order valence-electron chi connectivity index (χ0n) is 11.9. The van der Waals surface area contributed by atoms with Crippen molar-refractivity contribution in [3.05, 3.63) is 55.9 Å². The van der Waals surface area contributed by atoms with Crippen molar-refractivity contribution < 1.29 is 13.9 Å². The molecule has 3 rings (SSSR count). The number of hydrogen-bond donors (Lipinski definition) is 3. The molecule has 1 aromatic heterocycles. The summed E-state index contributed by atoms with van der Waals surface area (Å²) in [6.45, 7) is 0.373. The number of rotatable bonds is 3. The van der Waals surface area contributed by atoms with E-state index in [1.807, 2.05) is 0 Å². The Hall–Kier alpha value is -1.77. The van der Waals surface area contributed by atoms with Crippen LogP contribution in [0.1, 0.15) is 23.9 Å². The summed E-state index contributed by atoms with van der Waals surface area (Å²) in [5, 5.41) is 12.4. The van der Waals surface area contributed by atoms with Crippen LogP contribution in [-0.2, 0) is 13.0 Å². The van der Waals surface area contributed by atoms with Gasteiger partial charge in [0.15, 0.2) is 0 Å². The summed E-state index contributed by atoms with van der Waals surface area (Å²) < 4.78 is 30.3. The van der Waals surface area contributed by atoms with Crippen LogP contribution in [0, 0.1) is 11.6 Å². The third-order valence-electron chi connectivity index (χ3n) is 3.84. The summed E-state index contributed by atoms with van der Waals surface area (Å²) in [6, 6.07) is 4.18. The first-order valence-electron chi connectivity index (χ1n) is 7.01. The Balaban J connectivity index is 2.19. The maximum absolute atomic E-state index is 14.5. The molecule has 0 bridgehead atoms. The average molecular weight is 386 g/mol. The van der Waals surface area contributed by atoms with Crippen LogP contribution in [0.4, 0.5) is 20.2 Å². The van der Waals surface area contributed by atoms with Gasteiger partial charge in [-0.15, -0.1) is 0 Å². The number of pyridine rings is 1. The lowest BCUT2D eigenvalue weighted by atomic mass is 10.1. The molecule has 2 heterocycles. The van der Waals surface area contributed by atoms with Gasteiger partial charge in [0.1, 0.15) is 12.0 Å². The number of aromatic nitrogens is 1. The smallest absolute Gasteiger partial charge is 0.288 e. The van der Waals surface area contributed by atoms with Gasteiger partial charge in [0.05, 0.1) is 11.4 Å². The average Bonchev–Trinajstić information content (AvgIpc) is 2.96. The minimum absolute atomic E-state index is 0.0173. The lowest BCUT2D eigenvalue weighted by Gasteiger charge is -2.19. The highest BCUT2D eigenvalue weighted by atomic mass is 79.9. The molecular formula is C15H14BrF2N3O2. The standard InChI is InChI=1S/C15H14BrF2N3O2/c16-7-3-4-9(8(17)6-7)20-13-11(14(19)22)10-2-1-5-21(10)15(23)12(13)18/h3-4,6,14,20,22H,1-2,5,19H2.